The van der Waals surface area contributed by atoms with E-state index in [0.29, 0.717) is 30.9 Å². The molecule has 1 atom stereocenters. The summed E-state index contributed by atoms with van der Waals surface area (Å²) in [5.41, 5.74) is 0.619. The van der Waals surface area contributed by atoms with Gasteiger partial charge in [-0.25, -0.2) is 9.59 Å². The van der Waals surface area contributed by atoms with Crippen molar-refractivity contribution < 1.29 is 24.2 Å². The molecule has 1 aromatic carbocycles. The number of cyclic esters (lactones) is 1. The number of nitrogens with zero attached hydrogens (tertiary/aromatic N) is 1. The van der Waals surface area contributed by atoms with E-state index in [0.717, 1.165) is 0 Å². The van der Waals surface area contributed by atoms with Gasteiger partial charge in [-0.3, -0.25) is 4.90 Å². The molecular formula is C19H29N3O5. The van der Waals surface area contributed by atoms with Crippen molar-refractivity contribution in [1.82, 2.24) is 5.32 Å². The maximum Gasteiger partial charge on any atom is 0.414 e. The second kappa shape index (κ2) is 8.37. The van der Waals surface area contributed by atoms with Crippen molar-refractivity contribution in [2.45, 2.75) is 58.8 Å². The highest BCUT2D eigenvalue weighted by molar-refractivity contribution is 5.90. The molecule has 0 bridgehead atoms. The lowest BCUT2D eigenvalue weighted by molar-refractivity contribution is 0.0520. The SMILES string of the molecule is CC(C)Nc1ccc(N2C[C@H](CCNC(=O)OC(C)(C)C)OC2=O)cc1O. The number of alkyl carbamates (subject to hydrolysis) is 1. The van der Waals surface area contributed by atoms with Gasteiger partial charge in [0.25, 0.3) is 0 Å². The van der Waals surface area contributed by atoms with Gasteiger partial charge in [-0.2, -0.15) is 0 Å². The number of phenolic OH excluding ortho intramolecular Hbond substituents is 1. The van der Waals surface area contributed by atoms with Gasteiger partial charge in [-0.1, -0.05) is 0 Å². The summed E-state index contributed by atoms with van der Waals surface area (Å²) in [7, 11) is 0. The Morgan fingerprint density at radius 2 is 2.11 bits per heavy atom. The maximum absolute atomic E-state index is 12.1. The zero-order chi connectivity index (χ0) is 20.2. The van der Waals surface area contributed by atoms with Crippen LogP contribution in [0.1, 0.15) is 41.0 Å². The number of hydrogen-bond acceptors (Lipinski definition) is 6. The lowest BCUT2D eigenvalue weighted by Crippen LogP contribution is -2.34. The Bertz CT molecular complexity index is 684. The molecule has 0 aliphatic carbocycles. The summed E-state index contributed by atoms with van der Waals surface area (Å²) in [6.07, 6.45) is -0.841. The second-order valence-electron chi connectivity index (χ2n) is 7.83. The zero-order valence-electron chi connectivity index (χ0n) is 16.5. The fourth-order valence-corrected chi connectivity index (χ4v) is 2.65. The second-order valence-corrected chi connectivity index (χ2v) is 7.83. The van der Waals surface area contributed by atoms with E-state index in [1.807, 2.05) is 13.8 Å². The van der Waals surface area contributed by atoms with Crippen LogP contribution in [-0.2, 0) is 9.47 Å². The monoisotopic (exact) mass is 379 g/mol. The van der Waals surface area contributed by atoms with E-state index in [4.69, 9.17) is 9.47 Å². The number of ether oxygens (including phenoxy) is 2. The quantitative estimate of drug-likeness (QED) is 0.655. The predicted molar refractivity (Wildman–Crippen MR) is 103 cm³/mol. The van der Waals surface area contributed by atoms with Crippen LogP contribution in [0.15, 0.2) is 18.2 Å². The third kappa shape index (κ3) is 6.23. The molecule has 3 N–H and O–H groups in total. The standard InChI is InChI=1S/C19H29N3O5/c1-12(2)21-15-7-6-13(10-16(15)23)22-11-14(26-18(22)25)8-9-20-17(24)27-19(3,4)5/h6-7,10,12,14,21,23H,8-9,11H2,1-5H3,(H,20,24)/t14-/m0/s1. The van der Waals surface area contributed by atoms with Crippen molar-refractivity contribution in [3.63, 3.8) is 0 Å². The number of nitrogens with one attached hydrogen (secondary N) is 2. The third-order valence-corrected chi connectivity index (χ3v) is 3.75. The van der Waals surface area contributed by atoms with E-state index in [1.54, 1.807) is 32.9 Å². The Balaban J connectivity index is 1.88. The third-order valence-electron chi connectivity index (χ3n) is 3.75. The number of rotatable bonds is 6. The molecule has 1 aliphatic rings. The summed E-state index contributed by atoms with van der Waals surface area (Å²) in [5.74, 6) is 0.0732. The van der Waals surface area contributed by atoms with Gasteiger partial charge in [0.05, 0.1) is 17.9 Å². The first-order valence-electron chi connectivity index (χ1n) is 9.09. The predicted octanol–water partition coefficient (Wildman–Crippen LogP) is 3.45. The Labute approximate surface area is 159 Å². The number of hydrogen-bond donors (Lipinski definition) is 3. The first-order valence-corrected chi connectivity index (χ1v) is 9.09. The van der Waals surface area contributed by atoms with Gasteiger partial charge in [-0.05, 0) is 46.8 Å². The first-order chi connectivity index (χ1) is 12.5. The minimum atomic E-state index is -0.556. The van der Waals surface area contributed by atoms with Gasteiger partial charge < -0.3 is 25.2 Å². The van der Waals surface area contributed by atoms with E-state index >= 15 is 0 Å². The molecule has 8 nitrogen and oxygen atoms in total. The Morgan fingerprint density at radius 1 is 1.41 bits per heavy atom. The van der Waals surface area contributed by atoms with Crippen molar-refractivity contribution in [3.05, 3.63) is 18.2 Å². The average molecular weight is 379 g/mol. The van der Waals surface area contributed by atoms with Gasteiger partial charge in [-0.15, -0.1) is 0 Å². The summed E-state index contributed by atoms with van der Waals surface area (Å²) in [5, 5.41) is 15.9. The Hall–Kier alpha value is -2.64. The summed E-state index contributed by atoms with van der Waals surface area (Å²) in [6, 6.07) is 5.20. The molecule has 0 radical (unpaired) electrons. The molecule has 0 aromatic heterocycles. The van der Waals surface area contributed by atoms with E-state index in [1.165, 1.54) is 11.0 Å². The normalized spacial score (nSPS) is 17.0. The lowest BCUT2D eigenvalue weighted by atomic mass is 10.2. The minimum absolute atomic E-state index is 0.0732. The first kappa shape index (κ1) is 20.7. The summed E-state index contributed by atoms with van der Waals surface area (Å²) < 4.78 is 10.5. The smallest absolute Gasteiger partial charge is 0.414 e. The van der Waals surface area contributed by atoms with Crippen LogP contribution >= 0.6 is 0 Å². The van der Waals surface area contributed by atoms with Crippen LogP contribution in [0.25, 0.3) is 0 Å². The molecule has 1 aliphatic heterocycles. The average Bonchev–Trinajstić information content (AvgIpc) is 2.88. The minimum Gasteiger partial charge on any atom is -0.506 e. The molecule has 150 valence electrons. The van der Waals surface area contributed by atoms with Gasteiger partial charge in [0.1, 0.15) is 17.5 Å². The number of phenols is 1. The van der Waals surface area contributed by atoms with Crippen molar-refractivity contribution in [2.75, 3.05) is 23.3 Å². The van der Waals surface area contributed by atoms with Gasteiger partial charge >= 0.3 is 12.2 Å². The Morgan fingerprint density at radius 3 is 2.70 bits per heavy atom. The lowest BCUT2D eigenvalue weighted by Gasteiger charge is -2.20. The molecule has 0 saturated carbocycles. The van der Waals surface area contributed by atoms with Crippen molar-refractivity contribution in [1.29, 1.82) is 0 Å². The van der Waals surface area contributed by atoms with Crippen molar-refractivity contribution >= 4 is 23.6 Å². The van der Waals surface area contributed by atoms with Crippen LogP contribution in [0.2, 0.25) is 0 Å². The van der Waals surface area contributed by atoms with Crippen LogP contribution < -0.4 is 15.5 Å². The molecule has 2 rings (SSSR count). The largest absolute Gasteiger partial charge is 0.506 e. The molecule has 1 saturated heterocycles. The number of anilines is 2. The zero-order valence-corrected chi connectivity index (χ0v) is 16.5. The van der Waals surface area contributed by atoms with Crippen molar-refractivity contribution in [3.8, 4) is 5.75 Å². The Kier molecular flexibility index (Phi) is 6.41. The van der Waals surface area contributed by atoms with E-state index in [-0.39, 0.29) is 17.9 Å². The van der Waals surface area contributed by atoms with Crippen LogP contribution in [0.5, 0.6) is 5.75 Å². The van der Waals surface area contributed by atoms with Gasteiger partial charge in [0, 0.05) is 25.1 Å². The summed E-state index contributed by atoms with van der Waals surface area (Å²) in [6.45, 7) is 10.0. The van der Waals surface area contributed by atoms with Gasteiger partial charge in [0.15, 0.2) is 0 Å². The molecule has 8 heteroatoms. The van der Waals surface area contributed by atoms with Crippen molar-refractivity contribution in [2.24, 2.45) is 0 Å². The maximum atomic E-state index is 12.1. The molecule has 1 aromatic rings. The molecule has 0 spiro atoms. The molecule has 27 heavy (non-hydrogen) atoms. The van der Waals surface area contributed by atoms with E-state index in [9.17, 15) is 14.7 Å². The highest BCUT2D eigenvalue weighted by Crippen LogP contribution is 2.31. The molecule has 1 heterocycles. The van der Waals surface area contributed by atoms with Crippen LogP contribution in [0.3, 0.4) is 0 Å². The summed E-state index contributed by atoms with van der Waals surface area (Å²) in [4.78, 5) is 25.3. The number of benzene rings is 1. The molecule has 0 unspecified atom stereocenters. The van der Waals surface area contributed by atoms with E-state index in [2.05, 4.69) is 10.6 Å². The van der Waals surface area contributed by atoms with Gasteiger partial charge in [0.2, 0.25) is 0 Å². The highest BCUT2D eigenvalue weighted by Gasteiger charge is 2.32. The number of carbonyl (C=O) groups excluding carboxylic acids is 2. The molecule has 2 amide bonds. The molecule has 1 fully saturated rings. The van der Waals surface area contributed by atoms with E-state index < -0.39 is 17.8 Å². The highest BCUT2D eigenvalue weighted by atomic mass is 16.6. The van der Waals surface area contributed by atoms with Crippen LogP contribution in [0, 0.1) is 0 Å². The topological polar surface area (TPSA) is 100 Å². The fourth-order valence-electron chi connectivity index (χ4n) is 2.65. The summed E-state index contributed by atoms with van der Waals surface area (Å²) >= 11 is 0. The fraction of sp³-hybridized carbons (Fsp3) is 0.579. The molecular weight excluding hydrogens is 350 g/mol. The number of aromatic hydroxyl groups is 1. The number of amides is 2. The van der Waals surface area contributed by atoms with Crippen LogP contribution in [-0.4, -0.2) is 48.1 Å². The van der Waals surface area contributed by atoms with Crippen LogP contribution in [0.4, 0.5) is 21.0 Å². The number of carbonyl (C=O) groups is 2.